The molecule has 1 aromatic heterocycles. The van der Waals surface area contributed by atoms with Crippen molar-refractivity contribution in [2.24, 2.45) is 0 Å². The molecule has 0 aliphatic carbocycles. The normalized spacial score (nSPS) is 10.6. The molecule has 19 heavy (non-hydrogen) atoms. The average molecular weight is 251 g/mol. The molecular formula is C16H13NO2. The summed E-state index contributed by atoms with van der Waals surface area (Å²) in [7, 11) is 0. The van der Waals surface area contributed by atoms with Crippen molar-refractivity contribution in [2.45, 2.75) is 6.92 Å². The second-order valence-corrected chi connectivity index (χ2v) is 4.45. The molecule has 0 spiro atoms. The van der Waals surface area contributed by atoms with Crippen LogP contribution >= 0.6 is 0 Å². The van der Waals surface area contributed by atoms with Gasteiger partial charge in [0.05, 0.1) is 11.1 Å². The van der Waals surface area contributed by atoms with E-state index in [4.69, 9.17) is 4.84 Å². The van der Waals surface area contributed by atoms with Crippen molar-refractivity contribution in [1.82, 2.24) is 4.73 Å². The third-order valence-electron chi connectivity index (χ3n) is 3.00. The lowest BCUT2D eigenvalue weighted by Crippen LogP contribution is -2.18. The molecule has 2 aromatic carbocycles. The maximum Gasteiger partial charge on any atom is 0.363 e. The molecule has 0 aliphatic rings. The zero-order valence-electron chi connectivity index (χ0n) is 10.5. The van der Waals surface area contributed by atoms with E-state index in [2.05, 4.69) is 0 Å². The third-order valence-corrected chi connectivity index (χ3v) is 3.00. The van der Waals surface area contributed by atoms with E-state index in [0.717, 1.165) is 16.5 Å². The first kappa shape index (κ1) is 11.5. The molecule has 0 unspecified atom stereocenters. The van der Waals surface area contributed by atoms with Gasteiger partial charge in [-0.1, -0.05) is 35.9 Å². The molecule has 3 nitrogen and oxygen atoms in total. The van der Waals surface area contributed by atoms with Crippen molar-refractivity contribution in [3.05, 3.63) is 71.9 Å². The predicted octanol–water partition coefficient (Wildman–Crippen LogP) is 3.22. The number of hydrogen-bond acceptors (Lipinski definition) is 2. The van der Waals surface area contributed by atoms with E-state index in [0.29, 0.717) is 5.56 Å². The number of carbonyl (C=O) groups excluding carboxylic acids is 1. The second kappa shape index (κ2) is 4.61. The minimum Gasteiger partial charge on any atom is -0.331 e. The summed E-state index contributed by atoms with van der Waals surface area (Å²) in [4.78, 5) is 17.5. The number of fused-ring (bicyclic) bond motifs is 1. The molecule has 0 bridgehead atoms. The molecule has 1 heterocycles. The molecule has 0 aliphatic heterocycles. The highest BCUT2D eigenvalue weighted by Crippen LogP contribution is 2.14. The lowest BCUT2D eigenvalue weighted by molar-refractivity contribution is 0.0482. The summed E-state index contributed by atoms with van der Waals surface area (Å²) in [6, 6.07) is 17.0. The van der Waals surface area contributed by atoms with Gasteiger partial charge in [-0.2, -0.15) is 4.73 Å². The van der Waals surface area contributed by atoms with E-state index in [1.807, 2.05) is 55.5 Å². The van der Waals surface area contributed by atoms with Crippen molar-refractivity contribution in [1.29, 1.82) is 0 Å². The summed E-state index contributed by atoms with van der Waals surface area (Å²) in [5, 5.41) is 1.04. The molecule has 3 heteroatoms. The van der Waals surface area contributed by atoms with Gasteiger partial charge in [0.1, 0.15) is 0 Å². The zero-order chi connectivity index (χ0) is 13.2. The Hall–Kier alpha value is -2.55. The number of aryl methyl sites for hydroxylation is 1. The fraction of sp³-hybridized carbons (Fsp3) is 0.0625. The smallest absolute Gasteiger partial charge is 0.331 e. The largest absolute Gasteiger partial charge is 0.363 e. The third kappa shape index (κ3) is 2.22. The number of nitrogens with zero attached hydrogens (tertiary/aromatic N) is 1. The average Bonchev–Trinajstić information content (AvgIpc) is 2.82. The van der Waals surface area contributed by atoms with E-state index < -0.39 is 0 Å². The Labute approximate surface area is 111 Å². The van der Waals surface area contributed by atoms with Gasteiger partial charge in [0.2, 0.25) is 0 Å². The maximum absolute atomic E-state index is 12.1. The van der Waals surface area contributed by atoms with E-state index >= 15 is 0 Å². The Bertz CT molecular complexity index is 743. The van der Waals surface area contributed by atoms with Crippen LogP contribution in [0, 0.1) is 6.92 Å². The molecule has 0 saturated heterocycles. The molecule has 3 aromatic rings. The minimum atomic E-state index is -0.356. The number of rotatable bonds is 2. The van der Waals surface area contributed by atoms with Crippen LogP contribution in [-0.4, -0.2) is 10.7 Å². The van der Waals surface area contributed by atoms with Crippen molar-refractivity contribution >= 4 is 16.9 Å². The lowest BCUT2D eigenvalue weighted by atomic mass is 10.1. The fourth-order valence-corrected chi connectivity index (χ4v) is 2.05. The van der Waals surface area contributed by atoms with Gasteiger partial charge in [0, 0.05) is 11.6 Å². The summed E-state index contributed by atoms with van der Waals surface area (Å²) in [5.41, 5.74) is 2.47. The number of hydrogen-bond donors (Lipinski definition) is 0. The fourth-order valence-electron chi connectivity index (χ4n) is 2.05. The van der Waals surface area contributed by atoms with Crippen molar-refractivity contribution in [3.63, 3.8) is 0 Å². The van der Waals surface area contributed by atoms with Gasteiger partial charge in [-0.05, 0) is 31.2 Å². The highest BCUT2D eigenvalue weighted by atomic mass is 16.7. The summed E-state index contributed by atoms with van der Waals surface area (Å²) in [6.07, 6.45) is 1.75. The Kier molecular flexibility index (Phi) is 2.80. The van der Waals surface area contributed by atoms with Crippen LogP contribution in [0.15, 0.2) is 60.8 Å². The Morgan fingerprint density at radius 3 is 2.74 bits per heavy atom. The molecule has 0 atom stereocenters. The van der Waals surface area contributed by atoms with E-state index in [1.165, 1.54) is 4.73 Å². The van der Waals surface area contributed by atoms with Crippen LogP contribution < -0.4 is 4.84 Å². The molecule has 0 saturated carbocycles. The van der Waals surface area contributed by atoms with Crippen LogP contribution in [0.4, 0.5) is 0 Å². The topological polar surface area (TPSA) is 31.2 Å². The second-order valence-electron chi connectivity index (χ2n) is 4.45. The first-order chi connectivity index (χ1) is 9.24. The SMILES string of the molecule is Cc1cccc(C(=O)On2ccc3ccccc32)c1. The number of benzene rings is 2. The number of carbonyl (C=O) groups is 1. The highest BCUT2D eigenvalue weighted by Gasteiger charge is 2.10. The van der Waals surface area contributed by atoms with Gasteiger partial charge in [-0.25, -0.2) is 4.79 Å². The van der Waals surface area contributed by atoms with Gasteiger partial charge in [0.25, 0.3) is 0 Å². The van der Waals surface area contributed by atoms with E-state index in [9.17, 15) is 4.79 Å². The summed E-state index contributed by atoms with van der Waals surface area (Å²) < 4.78 is 1.50. The van der Waals surface area contributed by atoms with Gasteiger partial charge in [-0.3, -0.25) is 0 Å². The molecule has 94 valence electrons. The molecule has 0 fully saturated rings. The van der Waals surface area contributed by atoms with Gasteiger partial charge in [0.15, 0.2) is 0 Å². The Morgan fingerprint density at radius 1 is 1.05 bits per heavy atom. The van der Waals surface area contributed by atoms with Crippen LogP contribution in [0.3, 0.4) is 0 Å². The quantitative estimate of drug-likeness (QED) is 0.700. The van der Waals surface area contributed by atoms with Crippen LogP contribution in [0.2, 0.25) is 0 Å². The van der Waals surface area contributed by atoms with Crippen molar-refractivity contribution in [2.75, 3.05) is 0 Å². The monoisotopic (exact) mass is 251 g/mol. The summed E-state index contributed by atoms with van der Waals surface area (Å²) in [5.74, 6) is -0.356. The lowest BCUT2D eigenvalue weighted by Gasteiger charge is -2.06. The Balaban J connectivity index is 1.91. The summed E-state index contributed by atoms with van der Waals surface area (Å²) >= 11 is 0. The predicted molar refractivity (Wildman–Crippen MR) is 74.0 cm³/mol. The first-order valence-corrected chi connectivity index (χ1v) is 6.09. The standard InChI is InChI=1S/C16H13NO2/c1-12-5-4-7-14(11-12)16(18)19-17-10-9-13-6-2-3-8-15(13)17/h2-11H,1H3. The summed E-state index contributed by atoms with van der Waals surface area (Å²) in [6.45, 7) is 1.95. The molecule has 0 N–H and O–H groups in total. The number of para-hydroxylation sites is 1. The first-order valence-electron chi connectivity index (χ1n) is 6.09. The zero-order valence-corrected chi connectivity index (χ0v) is 10.5. The molecule has 0 radical (unpaired) electrons. The van der Waals surface area contributed by atoms with Crippen LogP contribution in [0.5, 0.6) is 0 Å². The minimum absolute atomic E-state index is 0.356. The number of aromatic nitrogens is 1. The Morgan fingerprint density at radius 2 is 1.89 bits per heavy atom. The van der Waals surface area contributed by atoms with Crippen LogP contribution in [0.1, 0.15) is 15.9 Å². The van der Waals surface area contributed by atoms with Crippen molar-refractivity contribution in [3.8, 4) is 0 Å². The van der Waals surface area contributed by atoms with Crippen LogP contribution in [-0.2, 0) is 0 Å². The van der Waals surface area contributed by atoms with Gasteiger partial charge >= 0.3 is 5.97 Å². The van der Waals surface area contributed by atoms with Gasteiger partial charge < -0.3 is 4.84 Å². The van der Waals surface area contributed by atoms with Crippen LogP contribution in [0.25, 0.3) is 10.9 Å². The molecule has 0 amide bonds. The van der Waals surface area contributed by atoms with E-state index in [-0.39, 0.29) is 5.97 Å². The van der Waals surface area contributed by atoms with Gasteiger partial charge in [-0.15, -0.1) is 0 Å². The molecule has 3 rings (SSSR count). The van der Waals surface area contributed by atoms with Crippen molar-refractivity contribution < 1.29 is 9.63 Å². The van der Waals surface area contributed by atoms with E-state index in [1.54, 1.807) is 12.3 Å². The maximum atomic E-state index is 12.1. The molecular weight excluding hydrogens is 238 g/mol. The highest BCUT2D eigenvalue weighted by molar-refractivity contribution is 5.90.